The third-order valence-corrected chi connectivity index (χ3v) is 3.26. The summed E-state index contributed by atoms with van der Waals surface area (Å²) in [5.41, 5.74) is 9.37. The van der Waals surface area contributed by atoms with Gasteiger partial charge in [0.15, 0.2) is 0 Å². The van der Waals surface area contributed by atoms with Gasteiger partial charge >= 0.3 is 0 Å². The highest BCUT2D eigenvalue weighted by atomic mass is 14.5. The van der Waals surface area contributed by atoms with Crippen molar-refractivity contribution in [1.82, 2.24) is 0 Å². The van der Waals surface area contributed by atoms with E-state index in [1.165, 1.54) is 27.5 Å². The van der Waals surface area contributed by atoms with Crippen LogP contribution in [-0.2, 0) is 6.54 Å². The Kier molecular flexibility index (Phi) is 2.83. The minimum atomic E-state index is 0.582. The normalized spacial score (nSPS) is 10.7. The van der Waals surface area contributed by atoms with Gasteiger partial charge in [-0.15, -0.1) is 0 Å². The first-order valence-corrected chi connectivity index (χ1v) is 6.15. The molecule has 1 nitrogen and oxygen atoms in total. The zero-order valence-electron chi connectivity index (χ0n) is 10.1. The van der Waals surface area contributed by atoms with Gasteiger partial charge in [0.1, 0.15) is 0 Å². The summed E-state index contributed by atoms with van der Waals surface area (Å²) in [6, 6.07) is 23.3. The molecule has 2 N–H and O–H groups in total. The highest BCUT2D eigenvalue weighted by Crippen LogP contribution is 2.28. The summed E-state index contributed by atoms with van der Waals surface area (Å²) in [5.74, 6) is 0. The second-order valence-corrected chi connectivity index (χ2v) is 4.43. The predicted octanol–water partition coefficient (Wildman–Crippen LogP) is 3.97. The van der Waals surface area contributed by atoms with Crippen LogP contribution in [-0.4, -0.2) is 0 Å². The third kappa shape index (κ3) is 1.89. The maximum Gasteiger partial charge on any atom is 0.0178 e. The van der Waals surface area contributed by atoms with Gasteiger partial charge in [-0.1, -0.05) is 60.7 Å². The quantitative estimate of drug-likeness (QED) is 0.712. The summed E-state index contributed by atoms with van der Waals surface area (Å²) >= 11 is 0. The molecule has 0 aliphatic heterocycles. The molecule has 88 valence electrons. The highest BCUT2D eigenvalue weighted by Gasteiger charge is 2.03. The molecule has 0 heterocycles. The molecule has 3 aromatic rings. The SMILES string of the molecule is NCc1cccc(-c2cccc3ccccc23)c1. The van der Waals surface area contributed by atoms with E-state index in [0.717, 1.165) is 0 Å². The molecule has 3 aromatic carbocycles. The van der Waals surface area contributed by atoms with E-state index in [9.17, 15) is 0 Å². The van der Waals surface area contributed by atoms with Crippen molar-refractivity contribution >= 4 is 10.8 Å². The molecule has 0 amide bonds. The van der Waals surface area contributed by atoms with Crippen LogP contribution < -0.4 is 5.73 Å². The van der Waals surface area contributed by atoms with Gasteiger partial charge in [-0.25, -0.2) is 0 Å². The molecule has 0 aromatic heterocycles. The lowest BCUT2D eigenvalue weighted by molar-refractivity contribution is 1.07. The Morgan fingerprint density at radius 3 is 2.44 bits per heavy atom. The van der Waals surface area contributed by atoms with Gasteiger partial charge in [-0.3, -0.25) is 0 Å². The highest BCUT2D eigenvalue weighted by molar-refractivity contribution is 5.96. The van der Waals surface area contributed by atoms with Crippen molar-refractivity contribution in [3.63, 3.8) is 0 Å². The molecule has 3 rings (SSSR count). The van der Waals surface area contributed by atoms with Crippen LogP contribution in [0.25, 0.3) is 21.9 Å². The molecular weight excluding hydrogens is 218 g/mol. The number of rotatable bonds is 2. The number of benzene rings is 3. The van der Waals surface area contributed by atoms with Crippen LogP contribution in [0.3, 0.4) is 0 Å². The van der Waals surface area contributed by atoms with E-state index in [4.69, 9.17) is 5.73 Å². The van der Waals surface area contributed by atoms with Crippen LogP contribution in [0.5, 0.6) is 0 Å². The van der Waals surface area contributed by atoms with Gasteiger partial charge in [-0.05, 0) is 33.5 Å². The molecule has 0 fully saturated rings. The predicted molar refractivity (Wildman–Crippen MR) is 77.3 cm³/mol. The summed E-state index contributed by atoms with van der Waals surface area (Å²) in [5, 5.41) is 2.56. The molecule has 0 aliphatic rings. The molecule has 0 aliphatic carbocycles. The van der Waals surface area contributed by atoms with Gasteiger partial charge in [0.2, 0.25) is 0 Å². The first kappa shape index (κ1) is 11.0. The lowest BCUT2D eigenvalue weighted by atomic mass is 9.97. The fourth-order valence-electron chi connectivity index (χ4n) is 2.34. The van der Waals surface area contributed by atoms with Gasteiger partial charge < -0.3 is 5.73 Å². The summed E-state index contributed by atoms with van der Waals surface area (Å²) in [6.07, 6.45) is 0. The molecule has 0 spiro atoms. The van der Waals surface area contributed by atoms with Crippen molar-refractivity contribution in [2.45, 2.75) is 6.54 Å². The standard InChI is InChI=1S/C17H15N/c18-12-13-5-3-8-15(11-13)17-10-4-7-14-6-1-2-9-16(14)17/h1-11H,12,18H2. The largest absolute Gasteiger partial charge is 0.326 e. The molecule has 0 unspecified atom stereocenters. The zero-order valence-corrected chi connectivity index (χ0v) is 10.1. The molecule has 1 heteroatoms. The second-order valence-electron chi connectivity index (χ2n) is 4.43. The summed E-state index contributed by atoms with van der Waals surface area (Å²) in [7, 11) is 0. The van der Waals surface area contributed by atoms with Gasteiger partial charge in [0, 0.05) is 6.54 Å². The third-order valence-electron chi connectivity index (χ3n) is 3.26. The van der Waals surface area contributed by atoms with Crippen LogP contribution >= 0.6 is 0 Å². The maximum atomic E-state index is 5.71. The Labute approximate surface area is 107 Å². The minimum Gasteiger partial charge on any atom is -0.326 e. The van der Waals surface area contributed by atoms with Crippen molar-refractivity contribution in [2.75, 3.05) is 0 Å². The Hall–Kier alpha value is -2.12. The second kappa shape index (κ2) is 4.63. The number of hydrogen-bond donors (Lipinski definition) is 1. The minimum absolute atomic E-state index is 0.582. The first-order chi connectivity index (χ1) is 8.88. The molecule has 0 atom stereocenters. The van der Waals surface area contributed by atoms with Crippen molar-refractivity contribution in [1.29, 1.82) is 0 Å². The van der Waals surface area contributed by atoms with Crippen LogP contribution in [0.2, 0.25) is 0 Å². The summed E-state index contributed by atoms with van der Waals surface area (Å²) in [4.78, 5) is 0. The molecular formula is C17H15N. The Morgan fingerprint density at radius 2 is 1.56 bits per heavy atom. The van der Waals surface area contributed by atoms with Crippen LogP contribution in [0, 0.1) is 0 Å². The lowest BCUT2D eigenvalue weighted by Gasteiger charge is -2.08. The molecule has 0 radical (unpaired) electrons. The number of fused-ring (bicyclic) bond motifs is 1. The fourth-order valence-corrected chi connectivity index (χ4v) is 2.34. The van der Waals surface area contributed by atoms with E-state index in [-0.39, 0.29) is 0 Å². The molecule has 0 saturated heterocycles. The van der Waals surface area contributed by atoms with Crippen LogP contribution in [0.15, 0.2) is 66.7 Å². The van der Waals surface area contributed by atoms with E-state index >= 15 is 0 Å². The zero-order chi connectivity index (χ0) is 12.4. The summed E-state index contributed by atoms with van der Waals surface area (Å²) < 4.78 is 0. The molecule has 0 saturated carbocycles. The smallest absolute Gasteiger partial charge is 0.0178 e. The van der Waals surface area contributed by atoms with E-state index in [0.29, 0.717) is 6.54 Å². The van der Waals surface area contributed by atoms with E-state index in [1.807, 2.05) is 0 Å². The maximum absolute atomic E-state index is 5.71. The fraction of sp³-hybridized carbons (Fsp3) is 0.0588. The number of hydrogen-bond acceptors (Lipinski definition) is 1. The van der Waals surface area contributed by atoms with Gasteiger partial charge in [0.05, 0.1) is 0 Å². The topological polar surface area (TPSA) is 26.0 Å². The van der Waals surface area contributed by atoms with E-state index in [1.54, 1.807) is 0 Å². The lowest BCUT2D eigenvalue weighted by Crippen LogP contribution is -1.95. The Bertz CT molecular complexity index is 681. The van der Waals surface area contributed by atoms with Crippen molar-refractivity contribution in [3.8, 4) is 11.1 Å². The monoisotopic (exact) mass is 233 g/mol. The van der Waals surface area contributed by atoms with Crippen LogP contribution in [0.1, 0.15) is 5.56 Å². The molecule has 18 heavy (non-hydrogen) atoms. The average molecular weight is 233 g/mol. The van der Waals surface area contributed by atoms with Crippen LogP contribution in [0.4, 0.5) is 0 Å². The average Bonchev–Trinajstić information content (AvgIpc) is 2.47. The van der Waals surface area contributed by atoms with Gasteiger partial charge in [-0.2, -0.15) is 0 Å². The summed E-state index contributed by atoms with van der Waals surface area (Å²) in [6.45, 7) is 0.582. The Balaban J connectivity index is 2.24. The first-order valence-electron chi connectivity index (χ1n) is 6.15. The van der Waals surface area contributed by atoms with E-state index < -0.39 is 0 Å². The van der Waals surface area contributed by atoms with Gasteiger partial charge in [0.25, 0.3) is 0 Å². The van der Waals surface area contributed by atoms with Crippen molar-refractivity contribution in [2.24, 2.45) is 5.73 Å². The van der Waals surface area contributed by atoms with Crippen molar-refractivity contribution in [3.05, 3.63) is 72.3 Å². The number of nitrogens with two attached hydrogens (primary N) is 1. The molecule has 0 bridgehead atoms. The van der Waals surface area contributed by atoms with Crippen molar-refractivity contribution < 1.29 is 0 Å². The van der Waals surface area contributed by atoms with E-state index in [2.05, 4.69) is 66.7 Å². The Morgan fingerprint density at radius 1 is 0.778 bits per heavy atom.